The third-order valence-corrected chi connectivity index (χ3v) is 4.88. The lowest BCUT2D eigenvalue weighted by Gasteiger charge is -2.08. The van der Waals surface area contributed by atoms with Gasteiger partial charge in [0, 0.05) is 12.7 Å². The number of anilines is 1. The maximum Gasteiger partial charge on any atom is 0.280 e. The number of nitrogens with one attached hydrogen (secondary N) is 1. The molecule has 3 rings (SSSR count). The first-order valence-corrected chi connectivity index (χ1v) is 8.67. The van der Waals surface area contributed by atoms with Crippen LogP contribution in [0.1, 0.15) is 18.4 Å². The van der Waals surface area contributed by atoms with Gasteiger partial charge >= 0.3 is 0 Å². The lowest BCUT2D eigenvalue weighted by Crippen LogP contribution is -2.19. The van der Waals surface area contributed by atoms with E-state index in [2.05, 4.69) is 14.9 Å². The van der Waals surface area contributed by atoms with Crippen LogP contribution in [0.25, 0.3) is 0 Å². The summed E-state index contributed by atoms with van der Waals surface area (Å²) in [4.78, 5) is 0. The Balaban J connectivity index is 1.85. The van der Waals surface area contributed by atoms with Crippen molar-refractivity contribution >= 4 is 15.8 Å². The third kappa shape index (κ3) is 3.53. The minimum absolute atomic E-state index is 0.0540. The van der Waals surface area contributed by atoms with Crippen molar-refractivity contribution < 1.29 is 17.2 Å². The number of alkyl halides is 2. The molecule has 11 heteroatoms. The van der Waals surface area contributed by atoms with Crippen LogP contribution in [0.3, 0.4) is 0 Å². The summed E-state index contributed by atoms with van der Waals surface area (Å²) in [5, 5.41) is 16.7. The second-order valence-electron chi connectivity index (χ2n) is 5.52. The van der Waals surface area contributed by atoms with E-state index in [0.717, 1.165) is 23.7 Å². The molecule has 2 heterocycles. The van der Waals surface area contributed by atoms with Crippen molar-refractivity contribution in [1.82, 2.24) is 19.6 Å². The van der Waals surface area contributed by atoms with Crippen LogP contribution < -0.4 is 4.72 Å². The topological polar surface area (TPSA) is 106 Å². The van der Waals surface area contributed by atoms with Gasteiger partial charge in [0.2, 0.25) is 0 Å². The van der Waals surface area contributed by atoms with Gasteiger partial charge in [0.25, 0.3) is 16.4 Å². The summed E-state index contributed by atoms with van der Waals surface area (Å²) in [6, 6.07) is 3.08. The van der Waals surface area contributed by atoms with Crippen LogP contribution in [0.4, 0.5) is 14.6 Å². The minimum Gasteiger partial charge on any atom is -0.263 e. The molecule has 0 unspecified atom stereocenters. The Hall–Kier alpha value is -2.48. The molecule has 1 N–H and O–H groups in total. The number of halogens is 2. The van der Waals surface area contributed by atoms with Crippen LogP contribution in [-0.4, -0.2) is 34.4 Å². The molecule has 2 aromatic rings. The average Bonchev–Trinajstić information content (AvgIpc) is 3.03. The fraction of sp³-hybridized carbons (Fsp3) is 0.462. The van der Waals surface area contributed by atoms with Crippen LogP contribution in [0, 0.1) is 17.2 Å². The van der Waals surface area contributed by atoms with Gasteiger partial charge in [0.1, 0.15) is 18.2 Å². The molecule has 1 fully saturated rings. The molecule has 0 radical (unpaired) electrons. The smallest absolute Gasteiger partial charge is 0.263 e. The number of nitrogens with zero attached hydrogens (tertiary/aromatic N) is 5. The monoisotopic (exact) mass is 356 g/mol. The number of hydrogen-bond acceptors (Lipinski definition) is 5. The molecule has 1 aliphatic carbocycles. The molecule has 0 spiro atoms. The fourth-order valence-electron chi connectivity index (χ4n) is 2.22. The van der Waals surface area contributed by atoms with Crippen molar-refractivity contribution in [1.29, 1.82) is 5.26 Å². The maximum atomic E-state index is 12.5. The molecule has 0 bridgehead atoms. The minimum atomic E-state index is -4.03. The highest BCUT2D eigenvalue weighted by molar-refractivity contribution is 7.92. The van der Waals surface area contributed by atoms with Gasteiger partial charge in [0.05, 0.1) is 6.20 Å². The summed E-state index contributed by atoms with van der Waals surface area (Å²) in [5.74, 6) is 0.135. The van der Waals surface area contributed by atoms with Crippen molar-refractivity contribution in [3.05, 3.63) is 24.0 Å². The summed E-state index contributed by atoms with van der Waals surface area (Å²) in [7, 11) is -4.03. The van der Waals surface area contributed by atoms with Crippen LogP contribution in [0.2, 0.25) is 0 Å². The zero-order chi connectivity index (χ0) is 17.3. The molecular formula is C13H14F2N6O2S. The number of nitriles is 1. The largest absolute Gasteiger partial charge is 0.280 e. The zero-order valence-electron chi connectivity index (χ0n) is 12.4. The van der Waals surface area contributed by atoms with Crippen LogP contribution >= 0.6 is 0 Å². The van der Waals surface area contributed by atoms with E-state index in [-0.39, 0.29) is 16.4 Å². The molecule has 2 aromatic heterocycles. The second kappa shape index (κ2) is 6.20. The van der Waals surface area contributed by atoms with Gasteiger partial charge < -0.3 is 0 Å². The first kappa shape index (κ1) is 16.4. The first-order chi connectivity index (χ1) is 11.4. The van der Waals surface area contributed by atoms with Gasteiger partial charge in [-0.3, -0.25) is 14.1 Å². The summed E-state index contributed by atoms with van der Waals surface area (Å²) in [6.45, 7) is -0.232. The van der Waals surface area contributed by atoms with E-state index >= 15 is 0 Å². The Bertz CT molecular complexity index is 879. The van der Waals surface area contributed by atoms with E-state index in [1.807, 2.05) is 0 Å². The van der Waals surface area contributed by atoms with Crippen molar-refractivity contribution in [2.45, 2.75) is 37.4 Å². The van der Waals surface area contributed by atoms with Gasteiger partial charge in [-0.05, 0) is 24.8 Å². The standard InChI is InChI=1S/C13H14F2N6O2S/c14-11(15)8-20-7-10(5-16)13(18-20)19-24(22,23)12-3-4-17-21(12)6-9-1-2-9/h3-4,7,9,11H,1-2,6,8H2,(H,18,19). The lowest BCUT2D eigenvalue weighted by molar-refractivity contribution is 0.122. The summed E-state index contributed by atoms with van der Waals surface area (Å²) in [5.41, 5.74) is -0.132. The van der Waals surface area contributed by atoms with Gasteiger partial charge in [-0.25, -0.2) is 8.78 Å². The zero-order valence-corrected chi connectivity index (χ0v) is 13.2. The fourth-order valence-corrected chi connectivity index (χ4v) is 3.37. The normalized spacial score (nSPS) is 14.8. The average molecular weight is 356 g/mol. The second-order valence-corrected chi connectivity index (χ2v) is 7.15. The van der Waals surface area contributed by atoms with Crippen LogP contribution in [0.5, 0.6) is 0 Å². The van der Waals surface area contributed by atoms with Crippen molar-refractivity contribution in [2.75, 3.05) is 4.72 Å². The first-order valence-electron chi connectivity index (χ1n) is 7.19. The van der Waals surface area contributed by atoms with E-state index in [9.17, 15) is 17.2 Å². The number of rotatable bonds is 7. The Morgan fingerprint density at radius 2 is 2.21 bits per heavy atom. The molecule has 8 nitrogen and oxygen atoms in total. The molecule has 0 aliphatic heterocycles. The van der Waals surface area contributed by atoms with E-state index in [1.165, 1.54) is 16.9 Å². The molecule has 0 aromatic carbocycles. The van der Waals surface area contributed by atoms with Crippen LogP contribution in [0.15, 0.2) is 23.5 Å². The summed E-state index contributed by atoms with van der Waals surface area (Å²) in [6.07, 6.45) is 1.84. The number of aromatic nitrogens is 4. The van der Waals surface area contributed by atoms with E-state index in [0.29, 0.717) is 12.5 Å². The molecule has 1 aliphatic rings. The van der Waals surface area contributed by atoms with Gasteiger partial charge in [-0.15, -0.1) is 0 Å². The molecular weight excluding hydrogens is 342 g/mol. The quantitative estimate of drug-likeness (QED) is 0.808. The number of hydrogen-bond donors (Lipinski definition) is 1. The Morgan fingerprint density at radius 1 is 1.46 bits per heavy atom. The molecule has 0 saturated heterocycles. The van der Waals surface area contributed by atoms with Crippen LogP contribution in [-0.2, 0) is 23.1 Å². The van der Waals surface area contributed by atoms with E-state index in [4.69, 9.17) is 5.26 Å². The Morgan fingerprint density at radius 3 is 2.83 bits per heavy atom. The molecule has 24 heavy (non-hydrogen) atoms. The summed E-state index contributed by atoms with van der Waals surface area (Å²) < 4.78 is 54.2. The summed E-state index contributed by atoms with van der Waals surface area (Å²) >= 11 is 0. The van der Waals surface area contributed by atoms with Gasteiger partial charge in [-0.1, -0.05) is 0 Å². The van der Waals surface area contributed by atoms with Crippen molar-refractivity contribution in [3.8, 4) is 6.07 Å². The van der Waals surface area contributed by atoms with E-state index in [1.54, 1.807) is 6.07 Å². The highest BCUT2D eigenvalue weighted by atomic mass is 32.2. The Labute approximate surface area is 136 Å². The highest BCUT2D eigenvalue weighted by Gasteiger charge is 2.27. The predicted octanol–water partition coefficient (Wildman–Crippen LogP) is 1.43. The van der Waals surface area contributed by atoms with Gasteiger partial charge in [-0.2, -0.15) is 23.9 Å². The molecule has 128 valence electrons. The number of sulfonamides is 1. The molecule has 1 saturated carbocycles. The van der Waals surface area contributed by atoms with Gasteiger partial charge in [0.15, 0.2) is 10.8 Å². The maximum absolute atomic E-state index is 12.5. The highest BCUT2D eigenvalue weighted by Crippen LogP contribution is 2.31. The SMILES string of the molecule is N#Cc1cn(CC(F)F)nc1NS(=O)(=O)c1ccnn1CC1CC1. The van der Waals surface area contributed by atoms with E-state index < -0.39 is 23.0 Å². The van der Waals surface area contributed by atoms with Crippen molar-refractivity contribution in [3.63, 3.8) is 0 Å². The van der Waals surface area contributed by atoms with Crippen molar-refractivity contribution in [2.24, 2.45) is 5.92 Å². The predicted molar refractivity (Wildman–Crippen MR) is 78.7 cm³/mol. The Kier molecular flexibility index (Phi) is 4.23. The third-order valence-electron chi connectivity index (χ3n) is 3.52. The molecule has 0 atom stereocenters. The molecule has 0 amide bonds. The lowest BCUT2D eigenvalue weighted by atomic mass is 10.4.